The van der Waals surface area contributed by atoms with E-state index in [1.54, 1.807) is 4.68 Å². The van der Waals surface area contributed by atoms with Gasteiger partial charge in [0.15, 0.2) is 5.15 Å². The van der Waals surface area contributed by atoms with Crippen molar-refractivity contribution in [2.75, 3.05) is 5.73 Å². The second-order valence-electron chi connectivity index (χ2n) is 2.64. The topological polar surface area (TPSA) is 43.8 Å². The highest BCUT2D eigenvalue weighted by atomic mass is 35.5. The minimum Gasteiger partial charge on any atom is -0.395 e. The maximum Gasteiger partial charge on any atom is 0.155 e. The summed E-state index contributed by atoms with van der Waals surface area (Å²) in [7, 11) is 0. The molecule has 0 radical (unpaired) electrons. The lowest BCUT2D eigenvalue weighted by molar-refractivity contribution is 0.881. The highest BCUT2D eigenvalue weighted by molar-refractivity contribution is 6.32. The monoisotopic (exact) mass is 193 g/mol. The first-order valence-corrected chi connectivity index (χ1v) is 4.21. The molecule has 2 rings (SSSR count). The molecule has 2 aromatic rings. The van der Waals surface area contributed by atoms with Crippen LogP contribution in [0.25, 0.3) is 5.69 Å². The van der Waals surface area contributed by atoms with E-state index in [1.165, 1.54) is 6.20 Å². The van der Waals surface area contributed by atoms with Crippen LogP contribution in [0.5, 0.6) is 0 Å². The SMILES string of the molecule is Nc1cnn(-c2ccccc2)c1Cl. The zero-order valence-corrected chi connectivity index (χ0v) is 7.57. The number of para-hydroxylation sites is 1. The number of nitrogen functional groups attached to an aromatic ring is 1. The van der Waals surface area contributed by atoms with E-state index >= 15 is 0 Å². The Morgan fingerprint density at radius 2 is 1.92 bits per heavy atom. The van der Waals surface area contributed by atoms with E-state index in [0.717, 1.165) is 5.69 Å². The van der Waals surface area contributed by atoms with Gasteiger partial charge in [0.25, 0.3) is 0 Å². The standard InChI is InChI=1S/C9H8ClN3/c10-9-8(11)6-12-13(9)7-4-2-1-3-5-7/h1-6H,11H2. The lowest BCUT2D eigenvalue weighted by Crippen LogP contribution is -1.95. The molecule has 0 amide bonds. The molecule has 0 fully saturated rings. The molecule has 0 spiro atoms. The molecule has 0 aliphatic carbocycles. The Hall–Kier alpha value is -1.48. The first kappa shape index (κ1) is 8.13. The number of aromatic nitrogens is 2. The van der Waals surface area contributed by atoms with E-state index in [0.29, 0.717) is 10.8 Å². The molecule has 0 aliphatic rings. The van der Waals surface area contributed by atoms with Crippen molar-refractivity contribution in [2.45, 2.75) is 0 Å². The van der Waals surface area contributed by atoms with Gasteiger partial charge in [0.1, 0.15) is 0 Å². The molecule has 1 aromatic heterocycles. The molecule has 1 heterocycles. The molecular formula is C9H8ClN3. The van der Waals surface area contributed by atoms with Crippen LogP contribution in [0.3, 0.4) is 0 Å². The number of benzene rings is 1. The number of rotatable bonds is 1. The summed E-state index contributed by atoms with van der Waals surface area (Å²) in [6.45, 7) is 0. The fourth-order valence-corrected chi connectivity index (χ4v) is 1.29. The zero-order valence-electron chi connectivity index (χ0n) is 6.81. The van der Waals surface area contributed by atoms with Gasteiger partial charge in [-0.25, -0.2) is 4.68 Å². The van der Waals surface area contributed by atoms with Gasteiger partial charge in [-0.1, -0.05) is 29.8 Å². The van der Waals surface area contributed by atoms with E-state index in [4.69, 9.17) is 17.3 Å². The Morgan fingerprint density at radius 1 is 1.23 bits per heavy atom. The van der Waals surface area contributed by atoms with Crippen molar-refractivity contribution in [3.8, 4) is 5.69 Å². The Labute approximate surface area is 80.7 Å². The van der Waals surface area contributed by atoms with Gasteiger partial charge in [0, 0.05) is 0 Å². The fraction of sp³-hybridized carbons (Fsp3) is 0. The third kappa shape index (κ3) is 1.38. The summed E-state index contributed by atoms with van der Waals surface area (Å²) in [6, 6.07) is 9.61. The van der Waals surface area contributed by atoms with Crippen LogP contribution in [0.4, 0.5) is 5.69 Å². The van der Waals surface area contributed by atoms with Gasteiger partial charge >= 0.3 is 0 Å². The normalized spacial score (nSPS) is 10.2. The van der Waals surface area contributed by atoms with E-state index < -0.39 is 0 Å². The van der Waals surface area contributed by atoms with Gasteiger partial charge in [-0.05, 0) is 12.1 Å². The molecule has 0 saturated carbocycles. The predicted molar refractivity (Wildman–Crippen MR) is 53.0 cm³/mol. The smallest absolute Gasteiger partial charge is 0.155 e. The molecule has 3 nitrogen and oxygen atoms in total. The quantitative estimate of drug-likeness (QED) is 0.754. The number of nitrogens with zero attached hydrogens (tertiary/aromatic N) is 2. The first-order chi connectivity index (χ1) is 6.29. The van der Waals surface area contributed by atoms with Crippen molar-refractivity contribution in [3.05, 3.63) is 41.7 Å². The summed E-state index contributed by atoms with van der Waals surface area (Å²) in [5, 5.41) is 4.50. The highest BCUT2D eigenvalue weighted by Crippen LogP contribution is 2.20. The van der Waals surface area contributed by atoms with Crippen molar-refractivity contribution < 1.29 is 0 Å². The van der Waals surface area contributed by atoms with Crippen molar-refractivity contribution in [2.24, 2.45) is 0 Å². The number of nitrogens with two attached hydrogens (primary N) is 1. The van der Waals surface area contributed by atoms with E-state index in [-0.39, 0.29) is 0 Å². The third-order valence-corrected chi connectivity index (χ3v) is 2.12. The molecule has 2 N–H and O–H groups in total. The van der Waals surface area contributed by atoms with Crippen LogP contribution in [-0.4, -0.2) is 9.78 Å². The lowest BCUT2D eigenvalue weighted by Gasteiger charge is -2.01. The van der Waals surface area contributed by atoms with Crippen LogP contribution in [0.1, 0.15) is 0 Å². The fourth-order valence-electron chi connectivity index (χ4n) is 1.10. The maximum atomic E-state index is 5.92. The molecule has 13 heavy (non-hydrogen) atoms. The molecule has 0 bridgehead atoms. The van der Waals surface area contributed by atoms with Gasteiger partial charge in [0.2, 0.25) is 0 Å². The Morgan fingerprint density at radius 3 is 2.46 bits per heavy atom. The second kappa shape index (κ2) is 3.11. The van der Waals surface area contributed by atoms with Gasteiger partial charge < -0.3 is 5.73 Å². The zero-order chi connectivity index (χ0) is 9.26. The van der Waals surface area contributed by atoms with Crippen LogP contribution < -0.4 is 5.73 Å². The highest BCUT2D eigenvalue weighted by Gasteiger charge is 2.05. The van der Waals surface area contributed by atoms with Crippen LogP contribution in [0.2, 0.25) is 5.15 Å². The Balaban J connectivity index is 2.53. The average molecular weight is 194 g/mol. The third-order valence-electron chi connectivity index (χ3n) is 1.74. The summed E-state index contributed by atoms with van der Waals surface area (Å²) in [5.41, 5.74) is 6.96. The van der Waals surface area contributed by atoms with Crippen molar-refractivity contribution in [1.82, 2.24) is 9.78 Å². The van der Waals surface area contributed by atoms with Crippen LogP contribution in [-0.2, 0) is 0 Å². The molecule has 1 aromatic carbocycles. The number of hydrogen-bond acceptors (Lipinski definition) is 2. The predicted octanol–water partition coefficient (Wildman–Crippen LogP) is 2.11. The summed E-state index contributed by atoms with van der Waals surface area (Å²) < 4.78 is 1.59. The maximum absolute atomic E-state index is 5.92. The van der Waals surface area contributed by atoms with Crippen molar-refractivity contribution in [1.29, 1.82) is 0 Å². The largest absolute Gasteiger partial charge is 0.395 e. The molecule has 0 saturated heterocycles. The van der Waals surface area contributed by atoms with E-state index in [1.807, 2.05) is 30.3 Å². The molecule has 66 valence electrons. The van der Waals surface area contributed by atoms with Gasteiger partial charge in [-0.15, -0.1) is 0 Å². The second-order valence-corrected chi connectivity index (χ2v) is 3.00. The van der Waals surface area contributed by atoms with Gasteiger partial charge in [0.05, 0.1) is 17.6 Å². The number of halogens is 1. The van der Waals surface area contributed by atoms with E-state index in [2.05, 4.69) is 5.10 Å². The molecule has 0 atom stereocenters. The number of hydrogen-bond donors (Lipinski definition) is 1. The minimum atomic E-state index is 0.450. The van der Waals surface area contributed by atoms with Crippen LogP contribution in [0.15, 0.2) is 36.5 Å². The van der Waals surface area contributed by atoms with Gasteiger partial charge in [-0.2, -0.15) is 5.10 Å². The van der Waals surface area contributed by atoms with Crippen LogP contribution >= 0.6 is 11.6 Å². The summed E-state index contributed by atoms with van der Waals surface area (Å²) in [5.74, 6) is 0. The summed E-state index contributed by atoms with van der Waals surface area (Å²) >= 11 is 5.92. The van der Waals surface area contributed by atoms with E-state index in [9.17, 15) is 0 Å². The van der Waals surface area contributed by atoms with Crippen molar-refractivity contribution in [3.63, 3.8) is 0 Å². The molecule has 4 heteroatoms. The molecular weight excluding hydrogens is 186 g/mol. The summed E-state index contributed by atoms with van der Waals surface area (Å²) in [4.78, 5) is 0. The minimum absolute atomic E-state index is 0.450. The first-order valence-electron chi connectivity index (χ1n) is 3.83. The molecule has 0 aliphatic heterocycles. The van der Waals surface area contributed by atoms with Crippen LogP contribution in [0, 0.1) is 0 Å². The Bertz CT molecular complexity index is 408. The molecule has 0 unspecified atom stereocenters. The number of anilines is 1. The summed E-state index contributed by atoms with van der Waals surface area (Å²) in [6.07, 6.45) is 1.54. The van der Waals surface area contributed by atoms with Crippen molar-refractivity contribution >= 4 is 17.3 Å². The Kier molecular flexibility index (Phi) is 1.94. The average Bonchev–Trinajstić information content (AvgIpc) is 2.49. The van der Waals surface area contributed by atoms with Gasteiger partial charge in [-0.3, -0.25) is 0 Å². The lowest BCUT2D eigenvalue weighted by atomic mass is 10.3.